The number of thiazole rings is 1. The van der Waals surface area contributed by atoms with E-state index in [9.17, 15) is 0 Å². The molecule has 0 spiro atoms. The minimum atomic E-state index is 0. The molecule has 2 aromatic rings. The highest BCUT2D eigenvalue weighted by molar-refractivity contribution is 14.0. The Balaban J connectivity index is 0.00000180. The fraction of sp³-hybridized carbons (Fsp3) is 0.333. The molecule has 0 saturated heterocycles. The third kappa shape index (κ3) is 4.50. The number of nitrogens with one attached hydrogen (secondary N) is 2. The molecule has 2 aromatic heterocycles. The van der Waals surface area contributed by atoms with Gasteiger partial charge in [-0.05, 0) is 6.92 Å². The van der Waals surface area contributed by atoms with Crippen LogP contribution in [0.4, 0.5) is 0 Å². The molecular weight excluding hydrogens is 373 g/mol. The second-order valence-electron chi connectivity index (χ2n) is 3.69. The minimum Gasteiger partial charge on any atom is -0.357 e. The first-order valence-electron chi connectivity index (χ1n) is 5.87. The number of hydrogen-bond donors (Lipinski definition) is 2. The summed E-state index contributed by atoms with van der Waals surface area (Å²) in [6.45, 7) is 7.82. The number of halogens is 1. The van der Waals surface area contributed by atoms with Crippen LogP contribution in [0.25, 0.3) is 4.96 Å². The van der Waals surface area contributed by atoms with Gasteiger partial charge < -0.3 is 10.6 Å². The first-order chi connectivity index (χ1) is 8.83. The largest absolute Gasteiger partial charge is 0.357 e. The molecule has 0 amide bonds. The Morgan fingerprint density at radius 2 is 2.42 bits per heavy atom. The molecule has 0 saturated carbocycles. The molecule has 0 aliphatic rings. The molecule has 0 fully saturated rings. The van der Waals surface area contributed by atoms with Crippen molar-refractivity contribution in [2.24, 2.45) is 4.99 Å². The summed E-state index contributed by atoms with van der Waals surface area (Å²) in [6, 6.07) is 0. The maximum Gasteiger partial charge on any atom is 0.193 e. The van der Waals surface area contributed by atoms with Crippen molar-refractivity contribution in [3.05, 3.63) is 36.1 Å². The van der Waals surface area contributed by atoms with Crippen molar-refractivity contribution in [3.8, 4) is 0 Å². The highest BCUT2D eigenvalue weighted by atomic mass is 127. The molecule has 2 N–H and O–H groups in total. The van der Waals surface area contributed by atoms with Crippen molar-refractivity contribution >= 4 is 46.2 Å². The van der Waals surface area contributed by atoms with Gasteiger partial charge in [0.2, 0.25) is 0 Å². The van der Waals surface area contributed by atoms with Gasteiger partial charge in [-0.15, -0.1) is 41.9 Å². The zero-order chi connectivity index (χ0) is 12.8. The van der Waals surface area contributed by atoms with Crippen LogP contribution in [0.2, 0.25) is 0 Å². The Labute approximate surface area is 133 Å². The van der Waals surface area contributed by atoms with E-state index in [1.807, 2.05) is 29.1 Å². The molecule has 0 bridgehead atoms. The average Bonchev–Trinajstić information content (AvgIpc) is 2.93. The van der Waals surface area contributed by atoms with E-state index in [4.69, 9.17) is 0 Å². The molecule has 0 aliphatic carbocycles. The average molecular weight is 391 g/mol. The molecule has 2 rings (SSSR count). The van der Waals surface area contributed by atoms with Gasteiger partial charge in [-0.1, -0.05) is 6.08 Å². The molecule has 2 heterocycles. The lowest BCUT2D eigenvalue weighted by Crippen LogP contribution is -2.37. The van der Waals surface area contributed by atoms with Crippen LogP contribution in [0.5, 0.6) is 0 Å². The van der Waals surface area contributed by atoms with E-state index >= 15 is 0 Å². The predicted octanol–water partition coefficient (Wildman–Crippen LogP) is 2.25. The molecular formula is C12H18IN5S. The van der Waals surface area contributed by atoms with Crippen LogP contribution in [-0.4, -0.2) is 28.4 Å². The lowest BCUT2D eigenvalue weighted by atomic mass is 10.5. The van der Waals surface area contributed by atoms with Crippen molar-refractivity contribution in [2.75, 3.05) is 13.1 Å². The standard InChI is InChI=1S/C12H17N5S.HI/c1-3-5-14-11(13-4-2)15-8-10-9-17-6-7-18-12(17)16-10;/h3,6-7,9H,1,4-5,8H2,2H3,(H2,13,14,15);1H. The summed E-state index contributed by atoms with van der Waals surface area (Å²) < 4.78 is 2.01. The van der Waals surface area contributed by atoms with Gasteiger partial charge in [0.1, 0.15) is 0 Å². The molecule has 104 valence electrons. The molecule has 0 unspecified atom stereocenters. The zero-order valence-electron chi connectivity index (χ0n) is 10.8. The Bertz CT molecular complexity index is 517. The summed E-state index contributed by atoms with van der Waals surface area (Å²) in [5.41, 5.74) is 0.970. The SMILES string of the molecule is C=CCNC(=NCc1cn2ccsc2n1)NCC.I. The second-order valence-corrected chi connectivity index (χ2v) is 4.56. The van der Waals surface area contributed by atoms with E-state index in [1.54, 1.807) is 17.4 Å². The fourth-order valence-electron chi connectivity index (χ4n) is 1.52. The van der Waals surface area contributed by atoms with E-state index in [-0.39, 0.29) is 24.0 Å². The van der Waals surface area contributed by atoms with Gasteiger partial charge in [0.15, 0.2) is 10.9 Å². The third-order valence-corrected chi connectivity index (χ3v) is 3.07. The maximum atomic E-state index is 4.48. The first kappa shape index (κ1) is 16.0. The van der Waals surface area contributed by atoms with Crippen LogP contribution in [0.3, 0.4) is 0 Å². The van der Waals surface area contributed by atoms with Crippen molar-refractivity contribution in [1.82, 2.24) is 20.0 Å². The third-order valence-electron chi connectivity index (χ3n) is 2.30. The summed E-state index contributed by atoms with van der Waals surface area (Å²) in [5.74, 6) is 0.786. The molecule has 5 nitrogen and oxygen atoms in total. The minimum absolute atomic E-state index is 0. The van der Waals surface area contributed by atoms with Gasteiger partial charge in [-0.3, -0.25) is 4.40 Å². The van der Waals surface area contributed by atoms with E-state index in [2.05, 4.69) is 27.2 Å². The summed E-state index contributed by atoms with van der Waals surface area (Å²) in [6.07, 6.45) is 5.81. The normalized spacial score (nSPS) is 11.1. The summed E-state index contributed by atoms with van der Waals surface area (Å²) in [4.78, 5) is 9.96. The van der Waals surface area contributed by atoms with E-state index in [0.29, 0.717) is 13.1 Å². The van der Waals surface area contributed by atoms with Crippen molar-refractivity contribution < 1.29 is 0 Å². The quantitative estimate of drug-likeness (QED) is 0.356. The second kappa shape index (κ2) is 8.16. The Morgan fingerprint density at radius 3 is 3.11 bits per heavy atom. The molecule has 0 atom stereocenters. The Hall–Kier alpha value is -1.09. The molecule has 0 aliphatic heterocycles. The van der Waals surface area contributed by atoms with Crippen LogP contribution in [0.1, 0.15) is 12.6 Å². The number of rotatable bonds is 5. The highest BCUT2D eigenvalue weighted by Gasteiger charge is 2.02. The van der Waals surface area contributed by atoms with Crippen molar-refractivity contribution in [1.29, 1.82) is 0 Å². The first-order valence-corrected chi connectivity index (χ1v) is 6.75. The fourth-order valence-corrected chi connectivity index (χ4v) is 2.24. The topological polar surface area (TPSA) is 53.7 Å². The number of imidazole rings is 1. The molecule has 0 aromatic carbocycles. The van der Waals surface area contributed by atoms with Crippen LogP contribution in [0, 0.1) is 0 Å². The van der Waals surface area contributed by atoms with Crippen LogP contribution in [-0.2, 0) is 6.54 Å². The van der Waals surface area contributed by atoms with E-state index in [1.165, 1.54) is 0 Å². The lowest BCUT2D eigenvalue weighted by Gasteiger charge is -2.08. The Kier molecular flexibility index (Phi) is 6.85. The van der Waals surface area contributed by atoms with Gasteiger partial charge in [0.25, 0.3) is 0 Å². The smallest absolute Gasteiger partial charge is 0.193 e. The number of nitrogens with zero attached hydrogens (tertiary/aromatic N) is 3. The van der Waals surface area contributed by atoms with Gasteiger partial charge in [-0.2, -0.15) is 0 Å². The number of aromatic nitrogens is 2. The van der Waals surface area contributed by atoms with Crippen LogP contribution >= 0.6 is 35.3 Å². The molecule has 19 heavy (non-hydrogen) atoms. The number of hydrogen-bond acceptors (Lipinski definition) is 3. The van der Waals surface area contributed by atoms with Gasteiger partial charge in [0.05, 0.1) is 12.2 Å². The lowest BCUT2D eigenvalue weighted by molar-refractivity contribution is 0.855. The zero-order valence-corrected chi connectivity index (χ0v) is 13.9. The van der Waals surface area contributed by atoms with Crippen molar-refractivity contribution in [2.45, 2.75) is 13.5 Å². The summed E-state index contributed by atoms with van der Waals surface area (Å²) in [5, 5.41) is 8.35. The number of aliphatic imine (C=N–C) groups is 1. The Morgan fingerprint density at radius 1 is 1.58 bits per heavy atom. The van der Waals surface area contributed by atoms with Gasteiger partial charge in [0, 0.05) is 30.9 Å². The predicted molar refractivity (Wildman–Crippen MR) is 91.5 cm³/mol. The van der Waals surface area contributed by atoms with E-state index < -0.39 is 0 Å². The number of fused-ring (bicyclic) bond motifs is 1. The van der Waals surface area contributed by atoms with Crippen molar-refractivity contribution in [3.63, 3.8) is 0 Å². The van der Waals surface area contributed by atoms with Gasteiger partial charge >= 0.3 is 0 Å². The van der Waals surface area contributed by atoms with Crippen LogP contribution in [0.15, 0.2) is 35.4 Å². The molecule has 0 radical (unpaired) electrons. The van der Waals surface area contributed by atoms with E-state index in [0.717, 1.165) is 23.2 Å². The maximum absolute atomic E-state index is 4.48. The van der Waals surface area contributed by atoms with Gasteiger partial charge in [-0.25, -0.2) is 9.98 Å². The monoisotopic (exact) mass is 391 g/mol. The van der Waals surface area contributed by atoms with Crippen LogP contribution < -0.4 is 10.6 Å². The highest BCUT2D eigenvalue weighted by Crippen LogP contribution is 2.11. The summed E-state index contributed by atoms with van der Waals surface area (Å²) >= 11 is 1.63. The molecule has 7 heteroatoms. The summed E-state index contributed by atoms with van der Waals surface area (Å²) in [7, 11) is 0. The number of guanidine groups is 1.